The number of amides is 2. The topological polar surface area (TPSA) is 86.1 Å². The van der Waals surface area contributed by atoms with Crippen molar-refractivity contribution in [2.75, 3.05) is 33.4 Å². The van der Waals surface area contributed by atoms with Crippen molar-refractivity contribution in [3.8, 4) is 11.6 Å². The first-order valence-corrected chi connectivity index (χ1v) is 12.1. The fourth-order valence-electron chi connectivity index (χ4n) is 4.60. The molecule has 2 atom stereocenters. The van der Waals surface area contributed by atoms with E-state index in [4.69, 9.17) is 14.2 Å². The van der Waals surface area contributed by atoms with E-state index in [0.717, 1.165) is 41.8 Å². The number of rotatable bonds is 6. The van der Waals surface area contributed by atoms with Gasteiger partial charge in [0.2, 0.25) is 0 Å². The van der Waals surface area contributed by atoms with Gasteiger partial charge in [-0.05, 0) is 49.7 Å². The lowest BCUT2D eigenvalue weighted by Gasteiger charge is -2.37. The molecule has 9 nitrogen and oxygen atoms in total. The molecule has 1 aromatic carbocycles. The Morgan fingerprint density at radius 1 is 1.11 bits per heavy atom. The number of carbonyl (C=O) groups is 2. The molecule has 35 heavy (non-hydrogen) atoms. The van der Waals surface area contributed by atoms with Gasteiger partial charge in [-0.25, -0.2) is 9.78 Å². The van der Waals surface area contributed by atoms with Crippen LogP contribution in [0.3, 0.4) is 0 Å². The molecule has 0 spiro atoms. The highest BCUT2D eigenvalue weighted by molar-refractivity contribution is 5.98. The van der Waals surface area contributed by atoms with Crippen molar-refractivity contribution < 1.29 is 23.8 Å². The van der Waals surface area contributed by atoms with Crippen LogP contribution in [0.5, 0.6) is 5.75 Å². The number of methoxy groups -OCH3 is 1. The Balaban J connectivity index is 1.25. The number of ether oxygens (including phenoxy) is 3. The summed E-state index contributed by atoms with van der Waals surface area (Å²) in [6.45, 7) is 4.30. The molecule has 4 heterocycles. The van der Waals surface area contributed by atoms with E-state index in [0.29, 0.717) is 31.7 Å². The van der Waals surface area contributed by atoms with Crippen molar-refractivity contribution in [1.29, 1.82) is 0 Å². The molecule has 0 N–H and O–H groups in total. The Morgan fingerprint density at radius 2 is 1.97 bits per heavy atom. The smallest absolute Gasteiger partial charge is 0.411 e. The van der Waals surface area contributed by atoms with Crippen LogP contribution < -0.4 is 4.74 Å². The zero-order valence-electron chi connectivity index (χ0n) is 20.1. The van der Waals surface area contributed by atoms with Crippen molar-refractivity contribution >= 4 is 22.9 Å². The highest BCUT2D eigenvalue weighted by Gasteiger charge is 2.33. The quantitative estimate of drug-likeness (QED) is 0.535. The Hall–Kier alpha value is -3.59. The first-order valence-electron chi connectivity index (χ1n) is 12.1. The van der Waals surface area contributed by atoms with E-state index in [1.165, 1.54) is 0 Å². The van der Waals surface area contributed by atoms with Crippen molar-refractivity contribution in [3.63, 3.8) is 0 Å². The van der Waals surface area contributed by atoms with E-state index in [9.17, 15) is 9.59 Å². The number of carbonyl (C=O) groups excluding carboxylic acids is 2. The minimum atomic E-state index is -0.385. The standard InChI is InChI=1S/C26H30N4O5/c1-3-34-26(32)30-14-10-20(16-24(30)33-2)35-21-6-8-23(27-17-21)29-13-9-18-15-19(5-7-22(18)29)25(31)28-11-4-12-28/h5-9,13,15,17,20,24H,3-4,10-12,14,16H2,1-2H3. The lowest BCUT2D eigenvalue weighted by atomic mass is 10.1. The molecule has 2 fully saturated rings. The van der Waals surface area contributed by atoms with E-state index in [2.05, 4.69) is 4.98 Å². The Kier molecular flexibility index (Phi) is 6.59. The number of aromatic nitrogens is 2. The van der Waals surface area contributed by atoms with Crippen LogP contribution in [-0.4, -0.2) is 77.0 Å². The Morgan fingerprint density at radius 3 is 2.66 bits per heavy atom. The van der Waals surface area contributed by atoms with Gasteiger partial charge in [0.15, 0.2) is 0 Å². The highest BCUT2D eigenvalue weighted by atomic mass is 16.6. The molecule has 9 heteroatoms. The van der Waals surface area contributed by atoms with Crippen LogP contribution in [0.2, 0.25) is 0 Å². The van der Waals surface area contributed by atoms with Gasteiger partial charge in [0.25, 0.3) is 5.91 Å². The molecule has 2 aromatic heterocycles. The minimum absolute atomic E-state index is 0.0898. The van der Waals surface area contributed by atoms with Crippen molar-refractivity contribution in [2.45, 2.75) is 38.5 Å². The number of pyridine rings is 1. The van der Waals surface area contributed by atoms with E-state index in [1.807, 2.05) is 52.1 Å². The van der Waals surface area contributed by atoms with Gasteiger partial charge < -0.3 is 23.7 Å². The average Bonchev–Trinajstić information content (AvgIpc) is 3.27. The van der Waals surface area contributed by atoms with Crippen LogP contribution >= 0.6 is 0 Å². The number of piperidine rings is 1. The van der Waals surface area contributed by atoms with Crippen LogP contribution in [-0.2, 0) is 9.47 Å². The minimum Gasteiger partial charge on any atom is -0.489 e. The van der Waals surface area contributed by atoms with Gasteiger partial charge >= 0.3 is 6.09 Å². The largest absolute Gasteiger partial charge is 0.489 e. The van der Waals surface area contributed by atoms with Crippen molar-refractivity contribution in [1.82, 2.24) is 19.4 Å². The molecular formula is C26H30N4O5. The molecule has 0 saturated carbocycles. The first-order chi connectivity index (χ1) is 17.1. The third kappa shape index (κ3) is 4.68. The molecule has 184 valence electrons. The molecule has 2 saturated heterocycles. The number of likely N-dealkylation sites (tertiary alicyclic amines) is 2. The summed E-state index contributed by atoms with van der Waals surface area (Å²) in [5.41, 5.74) is 1.70. The molecule has 2 unspecified atom stereocenters. The molecular weight excluding hydrogens is 448 g/mol. The van der Waals surface area contributed by atoms with Crippen LogP contribution in [0, 0.1) is 0 Å². The second kappa shape index (κ2) is 9.95. The van der Waals surface area contributed by atoms with Gasteiger partial charge in [0.1, 0.15) is 23.9 Å². The molecule has 2 amide bonds. The monoisotopic (exact) mass is 478 g/mol. The van der Waals surface area contributed by atoms with E-state index >= 15 is 0 Å². The molecule has 5 rings (SSSR count). The third-order valence-electron chi connectivity index (χ3n) is 6.63. The normalized spacial score (nSPS) is 19.9. The zero-order chi connectivity index (χ0) is 24.4. The van der Waals surface area contributed by atoms with E-state index in [1.54, 1.807) is 25.1 Å². The molecule has 2 aliphatic heterocycles. The number of hydrogen-bond donors (Lipinski definition) is 0. The van der Waals surface area contributed by atoms with Crippen LogP contribution in [0.1, 0.15) is 36.5 Å². The summed E-state index contributed by atoms with van der Waals surface area (Å²) >= 11 is 0. The van der Waals surface area contributed by atoms with E-state index in [-0.39, 0.29) is 24.3 Å². The summed E-state index contributed by atoms with van der Waals surface area (Å²) in [4.78, 5) is 32.7. The maximum absolute atomic E-state index is 12.5. The Bertz CT molecular complexity index is 1200. The van der Waals surface area contributed by atoms with E-state index < -0.39 is 0 Å². The molecule has 2 aliphatic rings. The fraction of sp³-hybridized carbons (Fsp3) is 0.423. The van der Waals surface area contributed by atoms with Crippen molar-refractivity contribution in [3.05, 3.63) is 54.4 Å². The lowest BCUT2D eigenvalue weighted by Crippen LogP contribution is -2.49. The summed E-state index contributed by atoms with van der Waals surface area (Å²) in [6, 6.07) is 11.6. The number of fused-ring (bicyclic) bond motifs is 1. The predicted octanol–water partition coefficient (Wildman–Crippen LogP) is 3.84. The maximum Gasteiger partial charge on any atom is 0.411 e. The number of benzene rings is 1. The summed E-state index contributed by atoms with van der Waals surface area (Å²) < 4.78 is 18.8. The fourth-order valence-corrected chi connectivity index (χ4v) is 4.60. The van der Waals surface area contributed by atoms with Gasteiger partial charge in [-0.1, -0.05) is 0 Å². The summed E-state index contributed by atoms with van der Waals surface area (Å²) in [6.07, 6.45) is 5.15. The predicted molar refractivity (Wildman–Crippen MR) is 130 cm³/mol. The SMILES string of the molecule is CCOC(=O)N1CCC(Oc2ccc(-n3ccc4cc(C(=O)N5CCC5)ccc43)nc2)CC1OC. The van der Waals surface area contributed by atoms with Gasteiger partial charge in [0.05, 0.1) is 18.3 Å². The second-order valence-corrected chi connectivity index (χ2v) is 8.80. The molecule has 0 bridgehead atoms. The summed E-state index contributed by atoms with van der Waals surface area (Å²) in [7, 11) is 1.58. The van der Waals surface area contributed by atoms with Crippen LogP contribution in [0.25, 0.3) is 16.7 Å². The molecule has 0 radical (unpaired) electrons. The first kappa shape index (κ1) is 23.2. The highest BCUT2D eigenvalue weighted by Crippen LogP contribution is 2.26. The number of hydrogen-bond acceptors (Lipinski definition) is 6. The average molecular weight is 479 g/mol. The maximum atomic E-state index is 12.5. The van der Waals surface area contributed by atoms with Gasteiger partial charge in [-0.2, -0.15) is 0 Å². The Labute approximate surface area is 204 Å². The summed E-state index contributed by atoms with van der Waals surface area (Å²) in [5, 5.41) is 0.998. The zero-order valence-corrected chi connectivity index (χ0v) is 20.1. The van der Waals surface area contributed by atoms with Gasteiger partial charge in [-0.15, -0.1) is 0 Å². The molecule has 3 aromatic rings. The van der Waals surface area contributed by atoms with Gasteiger partial charge in [-0.3, -0.25) is 9.69 Å². The van der Waals surface area contributed by atoms with Gasteiger partial charge in [0, 0.05) is 56.7 Å². The lowest BCUT2D eigenvalue weighted by molar-refractivity contribution is -0.0755. The second-order valence-electron chi connectivity index (χ2n) is 8.80. The summed E-state index contributed by atoms with van der Waals surface area (Å²) in [5.74, 6) is 1.52. The third-order valence-corrected chi connectivity index (χ3v) is 6.63. The van der Waals surface area contributed by atoms with Crippen LogP contribution in [0.4, 0.5) is 4.79 Å². The van der Waals surface area contributed by atoms with Crippen LogP contribution in [0.15, 0.2) is 48.8 Å². The van der Waals surface area contributed by atoms with Crippen molar-refractivity contribution in [2.24, 2.45) is 0 Å². The molecule has 0 aliphatic carbocycles. The number of nitrogens with zero attached hydrogens (tertiary/aromatic N) is 4.